The van der Waals surface area contributed by atoms with Crippen molar-refractivity contribution in [3.05, 3.63) is 30.7 Å². The van der Waals surface area contributed by atoms with E-state index >= 15 is 0 Å². The summed E-state index contributed by atoms with van der Waals surface area (Å²) in [7, 11) is 0. The molecule has 8 nitrogen and oxygen atoms in total. The van der Waals surface area contributed by atoms with E-state index in [1.165, 1.54) is 0 Å². The highest BCUT2D eigenvalue weighted by molar-refractivity contribution is 5.69. The number of rotatable bonds is 4. The highest BCUT2D eigenvalue weighted by atomic mass is 16.6. The van der Waals surface area contributed by atoms with Gasteiger partial charge in [0.25, 0.3) is 0 Å². The third-order valence-corrected chi connectivity index (χ3v) is 4.76. The maximum atomic E-state index is 5.95. The van der Waals surface area contributed by atoms with Crippen molar-refractivity contribution in [1.29, 1.82) is 0 Å². The first kappa shape index (κ1) is 16.3. The smallest absolute Gasteiger partial charge is 0.178 e. The molecule has 0 radical (unpaired) electrons. The first-order valence-electron chi connectivity index (χ1n) is 9.17. The minimum absolute atomic E-state index is 0.129. The van der Waals surface area contributed by atoms with E-state index in [1.807, 2.05) is 29.1 Å². The van der Waals surface area contributed by atoms with Gasteiger partial charge in [0.2, 0.25) is 0 Å². The van der Waals surface area contributed by atoms with Crippen LogP contribution in [0.5, 0.6) is 11.5 Å². The Hall–Kier alpha value is -2.87. The van der Waals surface area contributed by atoms with Crippen LogP contribution in [0.1, 0.15) is 19.9 Å². The lowest BCUT2D eigenvalue weighted by Crippen LogP contribution is -2.38. The van der Waals surface area contributed by atoms with E-state index in [2.05, 4.69) is 28.5 Å². The molecule has 0 aliphatic carbocycles. The highest BCUT2D eigenvalue weighted by Crippen LogP contribution is 2.36. The molecular weight excluding hydrogens is 346 g/mol. The minimum atomic E-state index is 0.129. The van der Waals surface area contributed by atoms with Crippen molar-refractivity contribution in [3.8, 4) is 34.4 Å². The molecular formula is C19H21N5O3. The Morgan fingerprint density at radius 1 is 1.22 bits per heavy atom. The van der Waals surface area contributed by atoms with Gasteiger partial charge in [-0.25, -0.2) is 14.6 Å². The lowest BCUT2D eigenvalue weighted by Gasteiger charge is -2.26. The molecule has 5 rings (SSSR count). The molecule has 0 unspecified atom stereocenters. The summed E-state index contributed by atoms with van der Waals surface area (Å²) in [6.45, 7) is 6.74. The number of hydrogen-bond donors (Lipinski definition) is 0. The second kappa shape index (κ2) is 6.38. The van der Waals surface area contributed by atoms with Gasteiger partial charge in [0.15, 0.2) is 5.82 Å². The first-order chi connectivity index (χ1) is 13.2. The molecule has 0 atom stereocenters. The van der Waals surface area contributed by atoms with Gasteiger partial charge >= 0.3 is 0 Å². The molecule has 0 N–H and O–H groups in total. The van der Waals surface area contributed by atoms with Gasteiger partial charge < -0.3 is 18.8 Å². The molecule has 1 aromatic carbocycles. The number of imidazole rings is 1. The molecule has 0 saturated carbocycles. The summed E-state index contributed by atoms with van der Waals surface area (Å²) < 4.78 is 21.0. The van der Waals surface area contributed by atoms with Crippen molar-refractivity contribution >= 4 is 0 Å². The topological polar surface area (TPSA) is 76.2 Å². The monoisotopic (exact) mass is 367 g/mol. The molecule has 140 valence electrons. The zero-order valence-electron chi connectivity index (χ0n) is 15.3. The predicted molar refractivity (Wildman–Crippen MR) is 97.8 cm³/mol. The second-order valence-corrected chi connectivity index (χ2v) is 7.05. The quantitative estimate of drug-likeness (QED) is 0.705. The van der Waals surface area contributed by atoms with Gasteiger partial charge in [0, 0.05) is 18.3 Å². The number of nitrogens with zero attached hydrogens (tertiary/aromatic N) is 5. The van der Waals surface area contributed by atoms with Gasteiger partial charge in [-0.2, -0.15) is 5.10 Å². The van der Waals surface area contributed by atoms with Gasteiger partial charge in [-0.3, -0.25) is 0 Å². The highest BCUT2D eigenvalue weighted by Gasteiger charge is 2.24. The number of fused-ring (bicyclic) bond motifs is 3. The number of hydrogen-bond acceptors (Lipinski definition) is 6. The van der Waals surface area contributed by atoms with Crippen LogP contribution in [0.3, 0.4) is 0 Å². The number of aromatic nitrogens is 5. The van der Waals surface area contributed by atoms with E-state index in [0.717, 1.165) is 40.9 Å². The predicted octanol–water partition coefficient (Wildman–Crippen LogP) is 2.56. The molecule has 3 aromatic rings. The zero-order chi connectivity index (χ0) is 18.4. The van der Waals surface area contributed by atoms with Crippen LogP contribution in [0.4, 0.5) is 0 Å². The van der Waals surface area contributed by atoms with Gasteiger partial charge in [-0.1, -0.05) is 0 Å². The molecule has 2 aliphatic heterocycles. The fraction of sp³-hybridized carbons (Fsp3) is 0.421. The van der Waals surface area contributed by atoms with Crippen molar-refractivity contribution in [2.75, 3.05) is 19.8 Å². The Morgan fingerprint density at radius 2 is 2.11 bits per heavy atom. The first-order valence-corrected chi connectivity index (χ1v) is 9.17. The van der Waals surface area contributed by atoms with Crippen LogP contribution in [0.25, 0.3) is 22.9 Å². The van der Waals surface area contributed by atoms with Gasteiger partial charge in [-0.05, 0) is 26.0 Å². The Kier molecular flexibility index (Phi) is 3.86. The molecule has 8 heteroatoms. The van der Waals surface area contributed by atoms with Gasteiger partial charge in [0.1, 0.15) is 42.1 Å². The third kappa shape index (κ3) is 2.86. The van der Waals surface area contributed by atoms with Crippen molar-refractivity contribution in [2.24, 2.45) is 0 Å². The summed E-state index contributed by atoms with van der Waals surface area (Å²) in [4.78, 5) is 9.26. The van der Waals surface area contributed by atoms with Crippen molar-refractivity contribution in [3.63, 3.8) is 0 Å². The summed E-state index contributed by atoms with van der Waals surface area (Å²) in [6, 6.07) is 6.12. The summed E-state index contributed by atoms with van der Waals surface area (Å²) in [5.41, 5.74) is 1.77. The Balaban J connectivity index is 1.52. The number of benzene rings is 1. The third-order valence-electron chi connectivity index (χ3n) is 4.76. The Morgan fingerprint density at radius 3 is 2.89 bits per heavy atom. The molecule has 0 spiro atoms. The molecule has 27 heavy (non-hydrogen) atoms. The van der Waals surface area contributed by atoms with Crippen molar-refractivity contribution in [2.45, 2.75) is 32.5 Å². The van der Waals surface area contributed by atoms with Crippen LogP contribution in [0.15, 0.2) is 30.7 Å². The fourth-order valence-corrected chi connectivity index (χ4v) is 3.33. The standard InChI is InChI=1S/C19H21N5O3/c1-12(2)24-19(20-11-21-24)16-8-23-5-6-26-17-7-13(27-14-9-25-10-14)3-4-15(17)18(23)22-16/h3-4,7-8,11-12,14H,5-6,9-10H2,1-2H3. The summed E-state index contributed by atoms with van der Waals surface area (Å²) in [5.74, 6) is 3.23. The van der Waals surface area contributed by atoms with Crippen LogP contribution < -0.4 is 9.47 Å². The molecule has 1 saturated heterocycles. The van der Waals surface area contributed by atoms with E-state index in [-0.39, 0.29) is 12.1 Å². The maximum absolute atomic E-state index is 5.95. The summed E-state index contributed by atoms with van der Waals surface area (Å²) in [5, 5.41) is 4.32. The van der Waals surface area contributed by atoms with E-state index in [9.17, 15) is 0 Å². The average molecular weight is 367 g/mol. The van der Waals surface area contributed by atoms with Crippen molar-refractivity contribution in [1.82, 2.24) is 24.3 Å². The van der Waals surface area contributed by atoms with Gasteiger partial charge in [-0.15, -0.1) is 0 Å². The minimum Gasteiger partial charge on any atom is -0.491 e. The van der Waals surface area contributed by atoms with E-state index in [4.69, 9.17) is 19.2 Å². The van der Waals surface area contributed by atoms with Crippen LogP contribution in [-0.2, 0) is 11.3 Å². The van der Waals surface area contributed by atoms with Crippen LogP contribution in [-0.4, -0.2) is 50.2 Å². The van der Waals surface area contributed by atoms with Crippen LogP contribution >= 0.6 is 0 Å². The molecule has 1 fully saturated rings. The molecule has 0 bridgehead atoms. The fourth-order valence-electron chi connectivity index (χ4n) is 3.33. The Labute approximate surface area is 156 Å². The second-order valence-electron chi connectivity index (χ2n) is 7.05. The summed E-state index contributed by atoms with van der Waals surface area (Å²) >= 11 is 0. The average Bonchev–Trinajstić information content (AvgIpc) is 3.22. The molecule has 4 heterocycles. The molecule has 0 amide bonds. The normalized spacial score (nSPS) is 16.3. The van der Waals surface area contributed by atoms with Gasteiger partial charge in [0.05, 0.1) is 25.3 Å². The summed E-state index contributed by atoms with van der Waals surface area (Å²) in [6.07, 6.45) is 3.72. The van der Waals surface area contributed by atoms with Crippen LogP contribution in [0, 0.1) is 0 Å². The number of ether oxygens (including phenoxy) is 3. The Bertz CT molecular complexity index is 974. The SMILES string of the molecule is CC(C)n1ncnc1-c1cn2c(n1)-c1ccc(OC3COC3)cc1OCC2. The van der Waals surface area contributed by atoms with Crippen molar-refractivity contribution < 1.29 is 14.2 Å². The molecule has 2 aromatic heterocycles. The molecule has 2 aliphatic rings. The lowest BCUT2D eigenvalue weighted by molar-refractivity contribution is -0.0797. The zero-order valence-corrected chi connectivity index (χ0v) is 15.3. The van der Waals surface area contributed by atoms with E-state index < -0.39 is 0 Å². The maximum Gasteiger partial charge on any atom is 0.178 e. The lowest BCUT2D eigenvalue weighted by atomic mass is 10.1. The van der Waals surface area contributed by atoms with Crippen LogP contribution in [0.2, 0.25) is 0 Å². The largest absolute Gasteiger partial charge is 0.491 e. The van der Waals surface area contributed by atoms with E-state index in [1.54, 1.807) is 6.33 Å². The van der Waals surface area contributed by atoms with E-state index in [0.29, 0.717) is 19.8 Å².